The van der Waals surface area contributed by atoms with Gasteiger partial charge in [-0.25, -0.2) is 8.42 Å². The molecule has 0 saturated carbocycles. The third-order valence-corrected chi connectivity index (χ3v) is 9.04. The monoisotopic (exact) mass is 554 g/mol. The lowest BCUT2D eigenvalue weighted by Gasteiger charge is -2.36. The summed E-state index contributed by atoms with van der Waals surface area (Å²) in [7, 11) is -3.98. The summed E-state index contributed by atoms with van der Waals surface area (Å²) in [6, 6.07) is 25.4. The number of fused-ring (bicyclic) bond motifs is 4. The average molecular weight is 555 g/mol. The van der Waals surface area contributed by atoms with Gasteiger partial charge >= 0.3 is 0 Å². The number of aryl methyl sites for hydroxylation is 1. The van der Waals surface area contributed by atoms with Crippen LogP contribution in [0.5, 0.6) is 5.75 Å². The lowest BCUT2D eigenvalue weighted by atomic mass is 9.86. The number of para-hydroxylation sites is 1. The number of benzene rings is 4. The van der Waals surface area contributed by atoms with Gasteiger partial charge in [0.05, 0.1) is 17.1 Å². The first-order valence-corrected chi connectivity index (χ1v) is 14.6. The second kappa shape index (κ2) is 9.41. The lowest BCUT2D eigenvalue weighted by Crippen LogP contribution is -2.49. The predicted molar refractivity (Wildman–Crippen MR) is 158 cm³/mol. The molecule has 1 N–H and O–H groups in total. The second-order valence-corrected chi connectivity index (χ2v) is 13.0. The fraction of sp³-hybridized carbons (Fsp3) is 0.219. The van der Waals surface area contributed by atoms with Crippen molar-refractivity contribution in [2.45, 2.75) is 44.1 Å². The van der Waals surface area contributed by atoms with Crippen LogP contribution in [0.1, 0.15) is 31.9 Å². The van der Waals surface area contributed by atoms with E-state index < -0.39 is 22.0 Å². The molecule has 7 nitrogen and oxygen atoms in total. The maximum atomic E-state index is 13.9. The van der Waals surface area contributed by atoms with Crippen LogP contribution in [0.2, 0.25) is 0 Å². The Balaban J connectivity index is 1.35. The molecule has 1 aromatic heterocycles. The number of anilines is 2. The number of carbonyl (C=O) groups excluding carboxylic acids is 1. The van der Waals surface area contributed by atoms with Crippen molar-refractivity contribution in [2.75, 3.05) is 16.2 Å². The van der Waals surface area contributed by atoms with E-state index in [2.05, 4.69) is 26.1 Å². The van der Waals surface area contributed by atoms with Gasteiger partial charge in [-0.3, -0.25) is 9.10 Å². The highest BCUT2D eigenvalue weighted by molar-refractivity contribution is 7.92. The molecule has 0 radical (unpaired) electrons. The first kappa shape index (κ1) is 26.0. The molecular weight excluding hydrogens is 524 g/mol. The lowest BCUT2D eigenvalue weighted by molar-refractivity contribution is -0.122. The number of furan rings is 1. The van der Waals surface area contributed by atoms with Crippen LogP contribution >= 0.6 is 0 Å². The Morgan fingerprint density at radius 1 is 0.900 bits per heavy atom. The predicted octanol–water partition coefficient (Wildman–Crippen LogP) is 6.79. The summed E-state index contributed by atoms with van der Waals surface area (Å²) in [5.74, 6) is -0.118. The van der Waals surface area contributed by atoms with Crippen molar-refractivity contribution in [3.63, 3.8) is 0 Å². The minimum atomic E-state index is -3.98. The zero-order valence-corrected chi connectivity index (χ0v) is 23.6. The van der Waals surface area contributed by atoms with Crippen LogP contribution in [0.25, 0.3) is 21.9 Å². The number of amides is 1. The quantitative estimate of drug-likeness (QED) is 0.264. The van der Waals surface area contributed by atoms with Gasteiger partial charge in [0.25, 0.3) is 15.9 Å². The van der Waals surface area contributed by atoms with Gasteiger partial charge in [-0.05, 0) is 60.4 Å². The Morgan fingerprint density at radius 2 is 1.62 bits per heavy atom. The summed E-state index contributed by atoms with van der Waals surface area (Å²) in [4.78, 5) is 13.6. The Bertz CT molecular complexity index is 1870. The van der Waals surface area contributed by atoms with Crippen molar-refractivity contribution in [1.82, 2.24) is 0 Å². The van der Waals surface area contributed by atoms with E-state index in [1.165, 1.54) is 4.31 Å². The zero-order chi connectivity index (χ0) is 28.2. The minimum absolute atomic E-state index is 0.154. The molecule has 0 fully saturated rings. The van der Waals surface area contributed by atoms with Gasteiger partial charge in [-0.1, -0.05) is 62.7 Å². The smallest absolute Gasteiger partial charge is 0.267 e. The van der Waals surface area contributed by atoms with Crippen LogP contribution in [0.3, 0.4) is 0 Å². The van der Waals surface area contributed by atoms with Crippen molar-refractivity contribution in [1.29, 1.82) is 0 Å². The van der Waals surface area contributed by atoms with Crippen LogP contribution in [-0.4, -0.2) is 27.0 Å². The number of hydrogen-bond acceptors (Lipinski definition) is 5. The molecule has 1 atom stereocenters. The zero-order valence-electron chi connectivity index (χ0n) is 22.8. The van der Waals surface area contributed by atoms with Crippen molar-refractivity contribution in [3.8, 4) is 5.75 Å². The van der Waals surface area contributed by atoms with Crippen molar-refractivity contribution >= 4 is 49.2 Å². The summed E-state index contributed by atoms with van der Waals surface area (Å²) in [6.07, 6.45) is -1.07. The van der Waals surface area contributed by atoms with Crippen LogP contribution in [0.15, 0.2) is 94.2 Å². The van der Waals surface area contributed by atoms with E-state index in [0.717, 1.165) is 27.5 Å². The van der Waals surface area contributed by atoms with E-state index in [0.29, 0.717) is 22.7 Å². The summed E-state index contributed by atoms with van der Waals surface area (Å²) in [6.45, 7) is 7.92. The largest absolute Gasteiger partial charge is 0.476 e. The second-order valence-electron chi connectivity index (χ2n) is 11.2. The van der Waals surface area contributed by atoms with Crippen molar-refractivity contribution in [2.24, 2.45) is 0 Å². The highest BCUT2D eigenvalue weighted by Crippen LogP contribution is 2.40. The molecule has 8 heteroatoms. The molecular formula is C32H30N2O5S. The first-order valence-electron chi connectivity index (χ1n) is 13.1. The maximum absolute atomic E-state index is 13.9. The van der Waals surface area contributed by atoms with Gasteiger partial charge in [0.15, 0.2) is 6.10 Å². The van der Waals surface area contributed by atoms with Crippen LogP contribution < -0.4 is 14.4 Å². The van der Waals surface area contributed by atoms with Crippen molar-refractivity contribution < 1.29 is 22.4 Å². The summed E-state index contributed by atoms with van der Waals surface area (Å²) < 4.78 is 41.2. The van der Waals surface area contributed by atoms with Gasteiger partial charge in [0, 0.05) is 22.5 Å². The number of nitrogens with zero attached hydrogens (tertiary/aromatic N) is 1. The number of sulfonamides is 1. The molecule has 2 heterocycles. The molecule has 0 saturated heterocycles. The van der Waals surface area contributed by atoms with Gasteiger partial charge in [0.2, 0.25) is 0 Å². The molecule has 4 aromatic carbocycles. The molecule has 204 valence electrons. The van der Waals surface area contributed by atoms with Crippen LogP contribution in [-0.2, 0) is 20.2 Å². The summed E-state index contributed by atoms with van der Waals surface area (Å²) in [5, 5.41) is 4.83. The van der Waals surface area contributed by atoms with E-state index in [9.17, 15) is 13.2 Å². The van der Waals surface area contributed by atoms with E-state index in [4.69, 9.17) is 9.15 Å². The fourth-order valence-electron chi connectivity index (χ4n) is 4.95. The van der Waals surface area contributed by atoms with Gasteiger partial charge < -0.3 is 14.5 Å². The molecule has 0 bridgehead atoms. The minimum Gasteiger partial charge on any atom is -0.476 e. The standard InChI is InChI=1S/C32H30N2O5S/c1-20-9-13-23(14-10-20)40(36,37)34-19-30(39-28-16-11-21(17-26(28)34)32(2,3)4)31(35)33-22-12-15-25-24-7-5-6-8-27(24)38-29(25)18-22/h5-18,30H,19H2,1-4H3,(H,33,35)/t30-/m1/s1. The number of ether oxygens (including phenoxy) is 1. The van der Waals surface area contributed by atoms with Crippen LogP contribution in [0.4, 0.5) is 11.4 Å². The Morgan fingerprint density at radius 3 is 2.38 bits per heavy atom. The molecule has 6 rings (SSSR count). The van der Waals surface area contributed by atoms with E-state index in [1.807, 2.05) is 49.4 Å². The molecule has 5 aromatic rings. The fourth-order valence-corrected chi connectivity index (χ4v) is 6.41. The average Bonchev–Trinajstić information content (AvgIpc) is 3.29. The van der Waals surface area contributed by atoms with E-state index in [1.54, 1.807) is 42.5 Å². The normalized spacial score (nSPS) is 15.6. The van der Waals surface area contributed by atoms with E-state index >= 15 is 0 Å². The highest BCUT2D eigenvalue weighted by Gasteiger charge is 2.38. The van der Waals surface area contributed by atoms with E-state index in [-0.39, 0.29) is 16.9 Å². The first-order chi connectivity index (χ1) is 19.0. The number of hydrogen-bond donors (Lipinski definition) is 1. The Kier molecular flexibility index (Phi) is 6.11. The van der Waals surface area contributed by atoms with Gasteiger partial charge in [0.1, 0.15) is 16.9 Å². The Labute approximate surface area is 233 Å². The van der Waals surface area contributed by atoms with Gasteiger partial charge in [-0.2, -0.15) is 0 Å². The van der Waals surface area contributed by atoms with Gasteiger partial charge in [-0.15, -0.1) is 0 Å². The summed E-state index contributed by atoms with van der Waals surface area (Å²) in [5.41, 5.74) is 4.06. The highest BCUT2D eigenvalue weighted by atomic mass is 32.2. The molecule has 40 heavy (non-hydrogen) atoms. The molecule has 1 aliphatic rings. The third kappa shape index (κ3) is 4.58. The number of nitrogens with one attached hydrogen (secondary N) is 1. The Hall–Kier alpha value is -4.30. The van der Waals surface area contributed by atoms with Crippen LogP contribution in [0, 0.1) is 6.92 Å². The molecule has 1 amide bonds. The number of carbonyl (C=O) groups is 1. The molecule has 1 aliphatic heterocycles. The number of rotatable bonds is 4. The maximum Gasteiger partial charge on any atom is 0.267 e. The molecule has 0 unspecified atom stereocenters. The summed E-state index contributed by atoms with van der Waals surface area (Å²) >= 11 is 0. The SMILES string of the molecule is Cc1ccc(S(=O)(=O)N2C[C@H](C(=O)Nc3ccc4c(c3)oc3ccccc34)Oc3ccc(C(C)(C)C)cc32)cc1. The van der Waals surface area contributed by atoms with Crippen molar-refractivity contribution in [3.05, 3.63) is 96.1 Å². The topological polar surface area (TPSA) is 88.9 Å². The third-order valence-electron chi connectivity index (χ3n) is 7.24. The molecule has 0 aliphatic carbocycles. The molecule has 0 spiro atoms.